The van der Waals surface area contributed by atoms with E-state index in [1.165, 1.54) is 0 Å². The molecule has 1 rings (SSSR count). The van der Waals surface area contributed by atoms with Crippen LogP contribution >= 0.6 is 0 Å². The second-order valence-electron chi connectivity index (χ2n) is 3.73. The fourth-order valence-electron chi connectivity index (χ4n) is 1.62. The largest absolute Gasteiger partial charge is 0.481 e. The zero-order chi connectivity index (χ0) is 12.8. The van der Waals surface area contributed by atoms with Crippen LogP contribution in [0, 0.1) is 0 Å². The molecule has 92 valence electrons. The van der Waals surface area contributed by atoms with Crippen molar-refractivity contribution in [1.29, 1.82) is 0 Å². The van der Waals surface area contributed by atoms with E-state index < -0.39 is 5.97 Å². The Morgan fingerprint density at radius 1 is 1.53 bits per heavy atom. The predicted octanol–water partition coefficient (Wildman–Crippen LogP) is 2.18. The smallest absolute Gasteiger partial charge is 0.307 e. The number of rotatable bonds is 5. The number of aliphatic carboxylic acids is 1. The monoisotopic (exact) mass is 234 g/mol. The van der Waals surface area contributed by atoms with Crippen LogP contribution in [0.15, 0.2) is 36.0 Å². The van der Waals surface area contributed by atoms with Crippen LogP contribution in [-0.2, 0) is 11.2 Å². The van der Waals surface area contributed by atoms with Gasteiger partial charge in [-0.15, -0.1) is 0 Å². The first-order chi connectivity index (χ1) is 8.08. The van der Waals surface area contributed by atoms with Gasteiger partial charge in [0.2, 0.25) is 0 Å². The van der Waals surface area contributed by atoms with Gasteiger partial charge in [-0.1, -0.05) is 18.2 Å². The number of nitrogens with zero attached hydrogens (tertiary/aromatic N) is 1. The highest BCUT2D eigenvalue weighted by Crippen LogP contribution is 2.18. The van der Waals surface area contributed by atoms with E-state index in [9.17, 15) is 4.79 Å². The maximum atomic E-state index is 10.7. The van der Waals surface area contributed by atoms with Crippen LogP contribution in [0.1, 0.15) is 19.4 Å². The van der Waals surface area contributed by atoms with Gasteiger partial charge in [0.1, 0.15) is 0 Å². The summed E-state index contributed by atoms with van der Waals surface area (Å²) < 4.78 is 0. The van der Waals surface area contributed by atoms with Crippen molar-refractivity contribution in [3.05, 3.63) is 41.6 Å². The highest BCUT2D eigenvalue weighted by molar-refractivity contribution is 5.71. The summed E-state index contributed by atoms with van der Waals surface area (Å²) in [5.41, 5.74) is 5.85. The molecule has 0 spiro atoms. The minimum Gasteiger partial charge on any atom is -0.481 e. The Kier molecular flexibility index (Phi) is 4.72. The Hall–Kier alpha value is -1.81. The molecular weight excluding hydrogens is 216 g/mol. The lowest BCUT2D eigenvalue weighted by Crippen LogP contribution is -2.33. The van der Waals surface area contributed by atoms with Gasteiger partial charge in [0.05, 0.1) is 12.1 Å². The summed E-state index contributed by atoms with van der Waals surface area (Å²) in [5, 5.41) is 10.7. The van der Waals surface area contributed by atoms with E-state index >= 15 is 0 Å². The standard InChI is InChI=1S/C13H18N2O2/c1-4-10(2)15(14-3)12-7-5-6-11(8-12)9-13(16)17/h4-8,14H,9H2,1-3H3,(H,16,17). The molecule has 1 aromatic rings. The van der Waals surface area contributed by atoms with Gasteiger partial charge in [-0.3, -0.25) is 9.80 Å². The lowest BCUT2D eigenvalue weighted by molar-refractivity contribution is -0.136. The predicted molar refractivity (Wildman–Crippen MR) is 68.8 cm³/mol. The first-order valence-corrected chi connectivity index (χ1v) is 5.49. The normalized spacial score (nSPS) is 11.4. The second-order valence-corrected chi connectivity index (χ2v) is 3.73. The summed E-state index contributed by atoms with van der Waals surface area (Å²) in [6.45, 7) is 3.95. The van der Waals surface area contributed by atoms with Crippen molar-refractivity contribution in [2.75, 3.05) is 12.1 Å². The average Bonchev–Trinajstić information content (AvgIpc) is 2.29. The van der Waals surface area contributed by atoms with Crippen molar-refractivity contribution in [2.24, 2.45) is 0 Å². The molecule has 0 fully saturated rings. The summed E-state index contributed by atoms with van der Waals surface area (Å²) in [5.74, 6) is -0.819. The minimum absolute atomic E-state index is 0.0419. The fraction of sp³-hybridized carbons (Fsp3) is 0.308. The summed E-state index contributed by atoms with van der Waals surface area (Å²) in [6, 6.07) is 7.49. The van der Waals surface area contributed by atoms with Crippen molar-refractivity contribution < 1.29 is 9.90 Å². The van der Waals surface area contributed by atoms with Gasteiger partial charge in [0.25, 0.3) is 0 Å². The van der Waals surface area contributed by atoms with Crippen molar-refractivity contribution in [3.63, 3.8) is 0 Å². The fourth-order valence-corrected chi connectivity index (χ4v) is 1.62. The van der Waals surface area contributed by atoms with Gasteiger partial charge in [-0.25, -0.2) is 5.43 Å². The van der Waals surface area contributed by atoms with Crippen LogP contribution < -0.4 is 10.4 Å². The molecule has 0 aromatic heterocycles. The maximum absolute atomic E-state index is 10.7. The number of carbonyl (C=O) groups is 1. The molecule has 0 unspecified atom stereocenters. The molecule has 0 saturated carbocycles. The quantitative estimate of drug-likeness (QED) is 0.767. The van der Waals surface area contributed by atoms with Gasteiger partial charge in [-0.2, -0.15) is 0 Å². The molecule has 4 heteroatoms. The highest BCUT2D eigenvalue weighted by atomic mass is 16.4. The van der Waals surface area contributed by atoms with Crippen LogP contribution in [-0.4, -0.2) is 18.1 Å². The number of carboxylic acid groups (broad SMARTS) is 1. The van der Waals surface area contributed by atoms with Gasteiger partial charge in [0, 0.05) is 12.7 Å². The van der Waals surface area contributed by atoms with Gasteiger partial charge in [0.15, 0.2) is 0 Å². The highest BCUT2D eigenvalue weighted by Gasteiger charge is 2.07. The third-order valence-corrected chi connectivity index (χ3v) is 2.52. The molecule has 0 atom stereocenters. The van der Waals surface area contributed by atoms with Crippen molar-refractivity contribution in [1.82, 2.24) is 5.43 Å². The number of anilines is 1. The maximum Gasteiger partial charge on any atom is 0.307 e. The molecule has 0 heterocycles. The second kappa shape index (κ2) is 6.06. The Bertz CT molecular complexity index is 427. The zero-order valence-electron chi connectivity index (χ0n) is 10.4. The van der Waals surface area contributed by atoms with E-state index in [2.05, 4.69) is 5.43 Å². The van der Waals surface area contributed by atoms with Gasteiger partial charge >= 0.3 is 5.97 Å². The van der Waals surface area contributed by atoms with E-state index in [1.54, 1.807) is 0 Å². The summed E-state index contributed by atoms with van der Waals surface area (Å²) in [4.78, 5) is 10.7. The molecule has 1 aromatic carbocycles. The van der Waals surface area contributed by atoms with Crippen LogP contribution in [0.2, 0.25) is 0 Å². The molecule has 17 heavy (non-hydrogen) atoms. The number of benzene rings is 1. The molecule has 2 N–H and O–H groups in total. The van der Waals surface area contributed by atoms with E-state index in [1.807, 2.05) is 56.2 Å². The van der Waals surface area contributed by atoms with Crippen molar-refractivity contribution >= 4 is 11.7 Å². The van der Waals surface area contributed by atoms with E-state index in [-0.39, 0.29) is 6.42 Å². The Morgan fingerprint density at radius 2 is 2.24 bits per heavy atom. The zero-order valence-corrected chi connectivity index (χ0v) is 10.4. The van der Waals surface area contributed by atoms with Gasteiger partial charge in [-0.05, 0) is 31.5 Å². The average molecular weight is 234 g/mol. The molecule has 0 aliphatic heterocycles. The third-order valence-electron chi connectivity index (χ3n) is 2.52. The van der Waals surface area contributed by atoms with Crippen molar-refractivity contribution in [2.45, 2.75) is 20.3 Å². The number of carboxylic acids is 1. The molecule has 0 amide bonds. The molecule has 0 saturated heterocycles. The van der Waals surface area contributed by atoms with Crippen LogP contribution in [0.4, 0.5) is 5.69 Å². The van der Waals surface area contributed by atoms with Crippen LogP contribution in [0.25, 0.3) is 0 Å². The summed E-state index contributed by atoms with van der Waals surface area (Å²) in [6.07, 6.45) is 2.03. The first kappa shape index (κ1) is 13.3. The number of allylic oxidation sites excluding steroid dienone is 2. The third kappa shape index (κ3) is 3.60. The summed E-state index contributed by atoms with van der Waals surface area (Å²) >= 11 is 0. The van der Waals surface area contributed by atoms with Crippen LogP contribution in [0.3, 0.4) is 0 Å². The number of hydrazine groups is 1. The van der Waals surface area contributed by atoms with E-state index in [0.29, 0.717) is 0 Å². The molecule has 0 aliphatic carbocycles. The van der Waals surface area contributed by atoms with Crippen LogP contribution in [0.5, 0.6) is 0 Å². The topological polar surface area (TPSA) is 52.6 Å². The minimum atomic E-state index is -0.819. The lowest BCUT2D eigenvalue weighted by atomic mass is 10.1. The summed E-state index contributed by atoms with van der Waals surface area (Å²) in [7, 11) is 1.83. The first-order valence-electron chi connectivity index (χ1n) is 5.49. The van der Waals surface area contributed by atoms with Gasteiger partial charge < -0.3 is 5.11 Å². The SMILES string of the molecule is CC=C(C)N(NC)c1cccc(CC(=O)O)c1. The molecule has 0 bridgehead atoms. The van der Waals surface area contributed by atoms with E-state index in [0.717, 1.165) is 16.9 Å². The number of nitrogens with one attached hydrogen (secondary N) is 1. The number of hydrogen-bond donors (Lipinski definition) is 2. The molecule has 0 aliphatic rings. The lowest BCUT2D eigenvalue weighted by Gasteiger charge is -2.24. The molecule has 4 nitrogen and oxygen atoms in total. The Morgan fingerprint density at radius 3 is 2.76 bits per heavy atom. The number of hydrogen-bond acceptors (Lipinski definition) is 3. The molecular formula is C13H18N2O2. The Labute approximate surface area is 102 Å². The molecule has 0 radical (unpaired) electrons. The Balaban J connectivity index is 3.00. The van der Waals surface area contributed by atoms with Crippen molar-refractivity contribution in [3.8, 4) is 0 Å². The van der Waals surface area contributed by atoms with E-state index in [4.69, 9.17) is 5.11 Å².